The maximum atomic E-state index is 13.0. The zero-order chi connectivity index (χ0) is 21.8. The molecular weight excluding hydrogens is 412 g/mol. The third kappa shape index (κ3) is 4.49. The van der Waals surface area contributed by atoms with E-state index in [9.17, 15) is 9.59 Å². The summed E-state index contributed by atoms with van der Waals surface area (Å²) in [6.07, 6.45) is 1.56. The summed E-state index contributed by atoms with van der Waals surface area (Å²) >= 11 is 1.25. The van der Waals surface area contributed by atoms with Crippen LogP contribution in [-0.4, -0.2) is 46.6 Å². The van der Waals surface area contributed by atoms with Gasteiger partial charge in [0.25, 0.3) is 5.91 Å². The van der Waals surface area contributed by atoms with Gasteiger partial charge in [-0.05, 0) is 36.2 Å². The van der Waals surface area contributed by atoms with E-state index < -0.39 is 0 Å². The number of aliphatic imine (C=N–C) groups is 2. The third-order valence-corrected chi connectivity index (χ3v) is 6.00. The van der Waals surface area contributed by atoms with Gasteiger partial charge in [-0.3, -0.25) is 14.6 Å². The summed E-state index contributed by atoms with van der Waals surface area (Å²) in [7, 11) is 1.61. The van der Waals surface area contributed by atoms with Crippen LogP contribution in [0.2, 0.25) is 0 Å². The van der Waals surface area contributed by atoms with Crippen molar-refractivity contribution in [2.24, 2.45) is 9.98 Å². The number of nitrogens with zero attached hydrogens (tertiary/aromatic N) is 3. The van der Waals surface area contributed by atoms with Crippen LogP contribution in [0.5, 0.6) is 5.75 Å². The molecule has 0 saturated carbocycles. The van der Waals surface area contributed by atoms with E-state index >= 15 is 0 Å². The van der Waals surface area contributed by atoms with Gasteiger partial charge in [0.2, 0.25) is 5.91 Å². The quantitative estimate of drug-likeness (QED) is 0.720. The van der Waals surface area contributed by atoms with E-state index in [1.807, 2.05) is 55.5 Å². The van der Waals surface area contributed by atoms with Crippen molar-refractivity contribution in [2.75, 3.05) is 12.9 Å². The molecular formula is C23H24N4O3S. The fraction of sp³-hybridized carbons (Fsp3) is 0.304. The van der Waals surface area contributed by atoms with Gasteiger partial charge in [-0.2, -0.15) is 0 Å². The number of amides is 2. The number of thioether (sulfide) groups is 1. The summed E-state index contributed by atoms with van der Waals surface area (Å²) in [6, 6.07) is 14.8. The van der Waals surface area contributed by atoms with Crippen molar-refractivity contribution in [3.8, 4) is 5.75 Å². The Hall–Kier alpha value is -3.13. The molecule has 31 heavy (non-hydrogen) atoms. The molecule has 0 aliphatic carbocycles. The molecule has 1 atom stereocenters. The Balaban J connectivity index is 1.45. The van der Waals surface area contributed by atoms with Crippen molar-refractivity contribution < 1.29 is 14.3 Å². The van der Waals surface area contributed by atoms with Crippen LogP contribution in [0.4, 0.5) is 5.69 Å². The van der Waals surface area contributed by atoms with Gasteiger partial charge in [0.1, 0.15) is 17.6 Å². The summed E-state index contributed by atoms with van der Waals surface area (Å²) in [5.41, 5.74) is 2.57. The second kappa shape index (κ2) is 9.34. The van der Waals surface area contributed by atoms with Gasteiger partial charge in [0, 0.05) is 12.1 Å². The molecule has 1 N–H and O–H groups in total. The molecule has 0 saturated heterocycles. The fourth-order valence-electron chi connectivity index (χ4n) is 3.52. The van der Waals surface area contributed by atoms with Crippen LogP contribution in [-0.2, 0) is 16.1 Å². The van der Waals surface area contributed by atoms with Crippen molar-refractivity contribution in [3.05, 3.63) is 59.7 Å². The summed E-state index contributed by atoms with van der Waals surface area (Å²) in [6.45, 7) is 2.44. The lowest BCUT2D eigenvalue weighted by molar-refractivity contribution is -0.124. The lowest BCUT2D eigenvalue weighted by Crippen LogP contribution is -2.41. The Labute approximate surface area is 185 Å². The van der Waals surface area contributed by atoms with E-state index in [4.69, 9.17) is 4.74 Å². The molecule has 1 unspecified atom stereocenters. The number of benzene rings is 2. The monoisotopic (exact) mass is 436 g/mol. The first-order chi connectivity index (χ1) is 15.1. The van der Waals surface area contributed by atoms with Crippen LogP contribution in [0.3, 0.4) is 0 Å². The number of para-hydroxylation sites is 1. The molecule has 0 bridgehead atoms. The molecule has 2 amide bonds. The van der Waals surface area contributed by atoms with Gasteiger partial charge in [-0.15, -0.1) is 0 Å². The highest BCUT2D eigenvalue weighted by Gasteiger charge is 2.40. The minimum Gasteiger partial charge on any atom is -0.497 e. The highest BCUT2D eigenvalue weighted by Crippen LogP contribution is 2.34. The van der Waals surface area contributed by atoms with Gasteiger partial charge in [0.05, 0.1) is 18.6 Å². The van der Waals surface area contributed by atoms with Crippen molar-refractivity contribution >= 4 is 40.3 Å². The van der Waals surface area contributed by atoms with Crippen LogP contribution in [0.25, 0.3) is 0 Å². The number of rotatable bonds is 7. The maximum absolute atomic E-state index is 13.0. The minimum absolute atomic E-state index is 0.0746. The number of methoxy groups -OCH3 is 1. The Kier molecular flexibility index (Phi) is 6.36. The number of hydrogen-bond donors (Lipinski definition) is 1. The Bertz CT molecular complexity index is 1070. The van der Waals surface area contributed by atoms with Gasteiger partial charge < -0.3 is 10.1 Å². The second-order valence-electron chi connectivity index (χ2n) is 7.26. The Morgan fingerprint density at radius 3 is 2.87 bits per heavy atom. The molecule has 2 aromatic rings. The van der Waals surface area contributed by atoms with Gasteiger partial charge in [-0.25, -0.2) is 9.89 Å². The normalized spacial score (nSPS) is 16.9. The first-order valence-electron chi connectivity index (χ1n) is 10.2. The zero-order valence-electron chi connectivity index (χ0n) is 17.5. The SMILES string of the molecule is CCCC1N=C2c3ccccc3N=C(SCC(=O)NCc3cccc(OC)c3)N2C1=O. The number of nitrogens with one attached hydrogen (secondary N) is 1. The molecule has 0 spiro atoms. The van der Waals surface area contributed by atoms with Gasteiger partial charge in [0.15, 0.2) is 5.17 Å². The van der Waals surface area contributed by atoms with Crippen molar-refractivity contribution in [1.82, 2.24) is 10.2 Å². The molecule has 160 valence electrons. The molecule has 2 heterocycles. The number of amidine groups is 2. The average molecular weight is 437 g/mol. The van der Waals surface area contributed by atoms with Crippen LogP contribution in [0.15, 0.2) is 58.5 Å². The number of carbonyl (C=O) groups is 2. The first-order valence-corrected chi connectivity index (χ1v) is 11.2. The van der Waals surface area contributed by atoms with Gasteiger partial charge in [-0.1, -0.05) is 49.4 Å². The lowest BCUT2D eigenvalue weighted by Gasteiger charge is -2.25. The smallest absolute Gasteiger partial charge is 0.259 e. The third-order valence-electron chi connectivity index (χ3n) is 5.07. The van der Waals surface area contributed by atoms with E-state index in [1.165, 1.54) is 11.8 Å². The average Bonchev–Trinajstić information content (AvgIpc) is 3.13. The van der Waals surface area contributed by atoms with Crippen molar-refractivity contribution in [2.45, 2.75) is 32.4 Å². The summed E-state index contributed by atoms with van der Waals surface area (Å²) in [4.78, 5) is 36.3. The molecule has 0 fully saturated rings. The second-order valence-corrected chi connectivity index (χ2v) is 8.20. The molecule has 2 aromatic carbocycles. The minimum atomic E-state index is -0.390. The fourth-order valence-corrected chi connectivity index (χ4v) is 4.36. The topological polar surface area (TPSA) is 83.4 Å². The maximum Gasteiger partial charge on any atom is 0.259 e. The summed E-state index contributed by atoms with van der Waals surface area (Å²) < 4.78 is 5.21. The molecule has 2 aliphatic heterocycles. The predicted octanol–water partition coefficient (Wildman–Crippen LogP) is 3.50. The highest BCUT2D eigenvalue weighted by molar-refractivity contribution is 8.14. The highest BCUT2D eigenvalue weighted by atomic mass is 32.2. The Morgan fingerprint density at radius 1 is 1.23 bits per heavy atom. The zero-order valence-corrected chi connectivity index (χ0v) is 18.3. The predicted molar refractivity (Wildman–Crippen MR) is 123 cm³/mol. The van der Waals surface area contributed by atoms with E-state index in [0.29, 0.717) is 24.0 Å². The summed E-state index contributed by atoms with van der Waals surface area (Å²) in [5, 5.41) is 3.40. The molecule has 2 aliphatic rings. The van der Waals surface area contributed by atoms with Crippen molar-refractivity contribution in [3.63, 3.8) is 0 Å². The van der Waals surface area contributed by atoms with Crippen molar-refractivity contribution in [1.29, 1.82) is 0 Å². The molecule has 0 aromatic heterocycles. The molecule has 0 radical (unpaired) electrons. The number of carbonyl (C=O) groups excluding carboxylic acids is 2. The van der Waals surface area contributed by atoms with E-state index in [-0.39, 0.29) is 23.6 Å². The first kappa shape index (κ1) is 21.1. The van der Waals surface area contributed by atoms with E-state index in [1.54, 1.807) is 12.0 Å². The largest absolute Gasteiger partial charge is 0.497 e. The standard InChI is InChI=1S/C23H24N4O3S/c1-3-7-19-22(29)27-21(25-19)17-10-4-5-11-18(17)26-23(27)31-14-20(28)24-13-15-8-6-9-16(12-15)30-2/h4-6,8-12,19H,3,7,13-14H2,1-2H3,(H,24,28). The molecule has 8 heteroatoms. The number of hydrogen-bond acceptors (Lipinski definition) is 6. The van der Waals surface area contributed by atoms with E-state index in [0.717, 1.165) is 29.0 Å². The van der Waals surface area contributed by atoms with Crippen LogP contribution < -0.4 is 10.1 Å². The van der Waals surface area contributed by atoms with Crippen LogP contribution >= 0.6 is 11.8 Å². The van der Waals surface area contributed by atoms with Crippen LogP contribution in [0.1, 0.15) is 30.9 Å². The Morgan fingerprint density at radius 2 is 2.06 bits per heavy atom. The molecule has 4 rings (SSSR count). The number of fused-ring (bicyclic) bond motifs is 3. The lowest BCUT2D eigenvalue weighted by atomic mass is 10.1. The summed E-state index contributed by atoms with van der Waals surface area (Å²) in [5.74, 6) is 1.32. The van der Waals surface area contributed by atoms with Gasteiger partial charge >= 0.3 is 0 Å². The molecule has 7 nitrogen and oxygen atoms in total. The van der Waals surface area contributed by atoms with Crippen LogP contribution in [0, 0.1) is 0 Å². The van der Waals surface area contributed by atoms with E-state index in [2.05, 4.69) is 15.3 Å². The number of ether oxygens (including phenoxy) is 1.